The molecule has 0 saturated carbocycles. The van der Waals surface area contributed by atoms with Crippen molar-refractivity contribution in [2.75, 3.05) is 19.3 Å². The zero-order valence-corrected chi connectivity index (χ0v) is 19.9. The third-order valence-corrected chi connectivity index (χ3v) is 6.97. The summed E-state index contributed by atoms with van der Waals surface area (Å²) in [6.07, 6.45) is 6.44. The number of hydrogen-bond acceptors (Lipinski definition) is 5. The van der Waals surface area contributed by atoms with E-state index in [1.807, 2.05) is 31.9 Å². The summed E-state index contributed by atoms with van der Waals surface area (Å²) in [4.78, 5) is 20.1. The lowest BCUT2D eigenvalue weighted by molar-refractivity contribution is -0.00829. The highest BCUT2D eigenvalue weighted by molar-refractivity contribution is 7.98. The number of carbonyl (C=O) groups excluding carboxylic acids is 1. The van der Waals surface area contributed by atoms with Gasteiger partial charge in [0, 0.05) is 41.5 Å². The van der Waals surface area contributed by atoms with Gasteiger partial charge in [-0.2, -0.15) is 0 Å². The molecule has 0 aliphatic carbocycles. The summed E-state index contributed by atoms with van der Waals surface area (Å²) < 4.78 is 12.0. The molecule has 1 fully saturated rings. The van der Waals surface area contributed by atoms with Gasteiger partial charge in [-0.1, -0.05) is 12.1 Å². The highest BCUT2D eigenvalue weighted by Gasteiger charge is 2.44. The molecule has 1 saturated heterocycles. The quantitative estimate of drug-likeness (QED) is 0.564. The minimum atomic E-state index is -0.462. The molecule has 1 amide bonds. The first-order chi connectivity index (χ1) is 14.7. The van der Waals surface area contributed by atoms with Gasteiger partial charge in [-0.05, 0) is 65.0 Å². The number of aromatic nitrogens is 1. The zero-order valence-electron chi connectivity index (χ0n) is 19.1. The number of piperidine rings is 1. The van der Waals surface area contributed by atoms with Crippen LogP contribution in [0.25, 0.3) is 11.3 Å². The van der Waals surface area contributed by atoms with Crippen LogP contribution in [0.4, 0.5) is 4.79 Å². The van der Waals surface area contributed by atoms with Gasteiger partial charge in [-0.3, -0.25) is 4.98 Å². The fourth-order valence-electron chi connectivity index (χ4n) is 4.53. The predicted molar refractivity (Wildman–Crippen MR) is 125 cm³/mol. The lowest BCUT2D eigenvalue weighted by Crippen LogP contribution is -2.48. The highest BCUT2D eigenvalue weighted by Crippen LogP contribution is 2.43. The van der Waals surface area contributed by atoms with Gasteiger partial charge < -0.3 is 14.4 Å². The normalized spacial score (nSPS) is 21.5. The van der Waals surface area contributed by atoms with Crippen molar-refractivity contribution < 1.29 is 14.3 Å². The van der Waals surface area contributed by atoms with Crippen LogP contribution in [0.3, 0.4) is 0 Å². The molecule has 1 aromatic heterocycles. The van der Waals surface area contributed by atoms with Crippen molar-refractivity contribution in [3.8, 4) is 17.0 Å². The maximum Gasteiger partial charge on any atom is 0.410 e. The Balaban J connectivity index is 1.42. The first-order valence-corrected chi connectivity index (χ1v) is 12.2. The first-order valence-electron chi connectivity index (χ1n) is 11.0. The molecule has 3 heterocycles. The number of amides is 1. The lowest BCUT2D eigenvalue weighted by Gasteiger charge is -2.40. The number of fused-ring (bicyclic) bond motifs is 1. The van der Waals surface area contributed by atoms with Gasteiger partial charge in [-0.25, -0.2) is 4.79 Å². The Morgan fingerprint density at radius 1 is 1.23 bits per heavy atom. The van der Waals surface area contributed by atoms with Crippen LogP contribution in [-0.2, 0) is 11.2 Å². The number of likely N-dealkylation sites (tertiary alicyclic amines) is 1. The Hall–Kier alpha value is -2.21. The summed E-state index contributed by atoms with van der Waals surface area (Å²) in [5.41, 5.74) is 2.61. The van der Waals surface area contributed by atoms with Crippen LogP contribution in [-0.4, -0.2) is 46.5 Å². The average Bonchev–Trinajstić information content (AvgIpc) is 3.09. The second-order valence-electron chi connectivity index (χ2n) is 9.74. The Kier molecular flexibility index (Phi) is 5.95. The smallest absolute Gasteiger partial charge is 0.410 e. The molecular formula is C25H32N2O3S. The average molecular weight is 441 g/mol. The van der Waals surface area contributed by atoms with Crippen molar-refractivity contribution in [2.24, 2.45) is 5.92 Å². The number of carbonyl (C=O) groups is 1. The fraction of sp³-hybridized carbons (Fsp3) is 0.520. The van der Waals surface area contributed by atoms with Gasteiger partial charge in [0.05, 0.1) is 11.9 Å². The number of benzene rings is 1. The van der Waals surface area contributed by atoms with Crippen molar-refractivity contribution in [1.29, 1.82) is 0 Å². The van der Waals surface area contributed by atoms with Crippen LogP contribution in [0.1, 0.15) is 46.1 Å². The molecule has 166 valence electrons. The topological polar surface area (TPSA) is 51.7 Å². The molecule has 0 radical (unpaired) electrons. The second-order valence-corrected chi connectivity index (χ2v) is 10.6. The van der Waals surface area contributed by atoms with E-state index in [0.29, 0.717) is 19.0 Å². The number of nitrogens with zero attached hydrogens (tertiary/aromatic N) is 2. The first kappa shape index (κ1) is 22.0. The summed E-state index contributed by atoms with van der Waals surface area (Å²) in [5.74, 6) is 1.28. The Labute approximate surface area is 189 Å². The third kappa shape index (κ3) is 4.84. The molecule has 0 unspecified atom stereocenters. The van der Waals surface area contributed by atoms with E-state index < -0.39 is 5.60 Å². The Morgan fingerprint density at radius 2 is 1.90 bits per heavy atom. The van der Waals surface area contributed by atoms with Crippen LogP contribution in [0.15, 0.2) is 41.4 Å². The third-order valence-electron chi connectivity index (χ3n) is 6.23. The molecule has 0 spiro atoms. The van der Waals surface area contributed by atoms with Gasteiger partial charge in [0.15, 0.2) is 0 Å². The van der Waals surface area contributed by atoms with E-state index >= 15 is 0 Å². The summed E-state index contributed by atoms with van der Waals surface area (Å²) in [7, 11) is 0. The van der Waals surface area contributed by atoms with Gasteiger partial charge in [0.2, 0.25) is 0 Å². The zero-order chi connectivity index (χ0) is 22.2. The molecular weight excluding hydrogens is 408 g/mol. The second kappa shape index (κ2) is 8.38. The highest BCUT2D eigenvalue weighted by atomic mass is 32.2. The van der Waals surface area contributed by atoms with Crippen molar-refractivity contribution in [2.45, 2.75) is 63.1 Å². The number of rotatable bonds is 3. The molecule has 0 N–H and O–H groups in total. The van der Waals surface area contributed by atoms with Crippen LogP contribution >= 0.6 is 11.8 Å². The maximum atomic E-state index is 12.4. The molecule has 1 atom stereocenters. The Bertz CT molecular complexity index is 946. The van der Waals surface area contributed by atoms with Crippen LogP contribution in [0.2, 0.25) is 0 Å². The number of pyridine rings is 1. The van der Waals surface area contributed by atoms with E-state index in [4.69, 9.17) is 9.47 Å². The molecule has 2 aromatic rings. The summed E-state index contributed by atoms with van der Waals surface area (Å²) >= 11 is 1.74. The van der Waals surface area contributed by atoms with Crippen LogP contribution in [0, 0.1) is 5.92 Å². The number of ether oxygens (including phenoxy) is 2. The molecule has 31 heavy (non-hydrogen) atoms. The largest absolute Gasteiger partial charge is 0.485 e. The van der Waals surface area contributed by atoms with E-state index in [1.165, 1.54) is 10.5 Å². The minimum Gasteiger partial charge on any atom is -0.485 e. The summed E-state index contributed by atoms with van der Waals surface area (Å²) in [6.45, 7) is 9.33. The molecule has 2 aliphatic rings. The van der Waals surface area contributed by atoms with E-state index in [1.54, 1.807) is 11.8 Å². The molecule has 0 bridgehead atoms. The number of thioether (sulfide) groups is 1. The molecule has 2 aliphatic heterocycles. The SMILES string of the molecule is CSc1ccc(-c2cc3c(cn2)O[C@@](C)(C2CCN(C(=O)OC(C)(C)C)CC2)C3)cc1. The number of hydrogen-bond donors (Lipinski definition) is 0. The van der Waals surface area contributed by atoms with Crippen LogP contribution < -0.4 is 4.74 Å². The molecule has 1 aromatic carbocycles. The van der Waals surface area contributed by atoms with E-state index in [-0.39, 0.29) is 11.7 Å². The molecule has 5 nitrogen and oxygen atoms in total. The van der Waals surface area contributed by atoms with Crippen molar-refractivity contribution in [3.63, 3.8) is 0 Å². The van der Waals surface area contributed by atoms with Gasteiger partial charge >= 0.3 is 6.09 Å². The standard InChI is InChI=1S/C25H32N2O3S/c1-24(2,3)30-23(28)27-12-10-19(11-13-27)25(4)15-18-14-21(26-16-22(18)29-25)17-6-8-20(31-5)9-7-17/h6-9,14,16,19H,10-13,15H2,1-5H3/t25-/m1/s1. The van der Waals surface area contributed by atoms with E-state index in [0.717, 1.165) is 36.3 Å². The monoisotopic (exact) mass is 440 g/mol. The Morgan fingerprint density at radius 3 is 2.52 bits per heavy atom. The van der Waals surface area contributed by atoms with Crippen molar-refractivity contribution in [1.82, 2.24) is 9.88 Å². The lowest BCUT2D eigenvalue weighted by atomic mass is 9.79. The van der Waals surface area contributed by atoms with Crippen molar-refractivity contribution >= 4 is 17.9 Å². The molecule has 6 heteroatoms. The van der Waals surface area contributed by atoms with Crippen LogP contribution in [0.5, 0.6) is 5.75 Å². The summed E-state index contributed by atoms with van der Waals surface area (Å²) in [5, 5.41) is 0. The van der Waals surface area contributed by atoms with Gasteiger partial charge in [0.1, 0.15) is 17.0 Å². The van der Waals surface area contributed by atoms with Crippen molar-refractivity contribution in [3.05, 3.63) is 42.1 Å². The van der Waals surface area contributed by atoms with Gasteiger partial charge in [0.25, 0.3) is 0 Å². The fourth-order valence-corrected chi connectivity index (χ4v) is 4.93. The maximum absolute atomic E-state index is 12.4. The predicted octanol–water partition coefficient (Wildman–Crippen LogP) is 5.81. The minimum absolute atomic E-state index is 0.215. The summed E-state index contributed by atoms with van der Waals surface area (Å²) in [6, 6.07) is 10.7. The molecule has 4 rings (SSSR count). The van der Waals surface area contributed by atoms with Gasteiger partial charge in [-0.15, -0.1) is 11.8 Å². The van der Waals surface area contributed by atoms with E-state index in [2.05, 4.69) is 48.5 Å². The van der Waals surface area contributed by atoms with E-state index in [9.17, 15) is 4.79 Å².